The van der Waals surface area contributed by atoms with Crippen LogP contribution >= 0.6 is 0 Å². The highest BCUT2D eigenvalue weighted by atomic mass is 14.8. The third-order valence-electron chi connectivity index (χ3n) is 3.69. The fourth-order valence-electron chi connectivity index (χ4n) is 2.88. The van der Waals surface area contributed by atoms with Crippen LogP contribution in [0, 0.1) is 5.92 Å². The average molecular weight is 247 g/mol. The smallest absolute Gasteiger partial charge is 0.115 e. The van der Waals surface area contributed by atoms with Crippen LogP contribution in [0.4, 0.5) is 0 Å². The van der Waals surface area contributed by atoms with Crippen molar-refractivity contribution >= 4 is 0 Å². The standard InChI is InChI=1S/C15H25N3/c1-11(2)8-12(16)9-15-13-6-4-3-5-7-14(13)17-10-18-15/h10-12H,3-9,16H2,1-2H3. The van der Waals surface area contributed by atoms with Gasteiger partial charge in [-0.05, 0) is 43.6 Å². The van der Waals surface area contributed by atoms with Gasteiger partial charge in [0, 0.05) is 23.9 Å². The lowest BCUT2D eigenvalue weighted by Crippen LogP contribution is -2.26. The summed E-state index contributed by atoms with van der Waals surface area (Å²) in [4.78, 5) is 8.95. The summed E-state index contributed by atoms with van der Waals surface area (Å²) in [6.45, 7) is 4.45. The minimum atomic E-state index is 0.229. The molecule has 1 heterocycles. The molecule has 0 radical (unpaired) electrons. The molecule has 1 aliphatic rings. The van der Waals surface area contributed by atoms with Crippen molar-refractivity contribution in [3.8, 4) is 0 Å². The van der Waals surface area contributed by atoms with E-state index in [1.807, 2.05) is 0 Å². The van der Waals surface area contributed by atoms with E-state index in [0.29, 0.717) is 5.92 Å². The molecule has 0 saturated carbocycles. The Labute approximate surface area is 110 Å². The third kappa shape index (κ3) is 3.52. The summed E-state index contributed by atoms with van der Waals surface area (Å²) in [6.07, 6.45) is 9.80. The first kappa shape index (κ1) is 13.5. The van der Waals surface area contributed by atoms with E-state index in [4.69, 9.17) is 5.73 Å². The molecule has 0 aromatic carbocycles. The Morgan fingerprint density at radius 1 is 1.17 bits per heavy atom. The SMILES string of the molecule is CC(C)CC(N)Cc1ncnc2c1CCCCC2. The normalized spacial score (nSPS) is 17.3. The van der Waals surface area contributed by atoms with Gasteiger partial charge in [0.15, 0.2) is 0 Å². The molecule has 1 atom stereocenters. The number of hydrogen-bond donors (Lipinski definition) is 1. The van der Waals surface area contributed by atoms with E-state index < -0.39 is 0 Å². The number of nitrogens with two attached hydrogens (primary N) is 1. The number of rotatable bonds is 4. The number of aromatic nitrogens is 2. The molecule has 18 heavy (non-hydrogen) atoms. The summed E-state index contributed by atoms with van der Waals surface area (Å²) >= 11 is 0. The second-order valence-electron chi connectivity index (χ2n) is 5.90. The van der Waals surface area contributed by atoms with E-state index in [2.05, 4.69) is 23.8 Å². The van der Waals surface area contributed by atoms with Gasteiger partial charge >= 0.3 is 0 Å². The molecule has 1 unspecified atom stereocenters. The Kier molecular flexibility index (Phi) is 4.70. The molecule has 0 aliphatic heterocycles. The summed E-state index contributed by atoms with van der Waals surface area (Å²) in [5.74, 6) is 0.653. The molecule has 0 fully saturated rings. The summed E-state index contributed by atoms with van der Waals surface area (Å²) in [5, 5.41) is 0. The number of hydrogen-bond acceptors (Lipinski definition) is 3. The second-order valence-corrected chi connectivity index (χ2v) is 5.90. The molecule has 0 bridgehead atoms. The highest BCUT2D eigenvalue weighted by molar-refractivity contribution is 5.26. The summed E-state index contributed by atoms with van der Waals surface area (Å²) < 4.78 is 0. The summed E-state index contributed by atoms with van der Waals surface area (Å²) in [6, 6.07) is 0.229. The van der Waals surface area contributed by atoms with Crippen LogP contribution in [0.1, 0.15) is 56.5 Å². The van der Waals surface area contributed by atoms with Gasteiger partial charge in [-0.3, -0.25) is 0 Å². The van der Waals surface area contributed by atoms with Crippen molar-refractivity contribution in [2.24, 2.45) is 11.7 Å². The first-order valence-electron chi connectivity index (χ1n) is 7.24. The molecule has 2 N–H and O–H groups in total. The van der Waals surface area contributed by atoms with Crippen molar-refractivity contribution in [3.05, 3.63) is 23.3 Å². The van der Waals surface area contributed by atoms with Crippen molar-refractivity contribution in [3.63, 3.8) is 0 Å². The van der Waals surface area contributed by atoms with Gasteiger partial charge in [0.05, 0.1) is 0 Å². The largest absolute Gasteiger partial charge is 0.327 e. The van der Waals surface area contributed by atoms with E-state index in [-0.39, 0.29) is 6.04 Å². The van der Waals surface area contributed by atoms with Gasteiger partial charge in [0.25, 0.3) is 0 Å². The van der Waals surface area contributed by atoms with Crippen molar-refractivity contribution in [2.75, 3.05) is 0 Å². The monoisotopic (exact) mass is 247 g/mol. The van der Waals surface area contributed by atoms with Crippen molar-refractivity contribution in [1.82, 2.24) is 9.97 Å². The Morgan fingerprint density at radius 2 is 1.94 bits per heavy atom. The quantitative estimate of drug-likeness (QED) is 0.832. The van der Waals surface area contributed by atoms with Crippen LogP contribution in [-0.2, 0) is 19.3 Å². The minimum absolute atomic E-state index is 0.229. The van der Waals surface area contributed by atoms with Crippen LogP contribution in [0.2, 0.25) is 0 Å². The molecule has 0 amide bonds. The van der Waals surface area contributed by atoms with Crippen LogP contribution in [0.3, 0.4) is 0 Å². The van der Waals surface area contributed by atoms with Gasteiger partial charge in [0.1, 0.15) is 6.33 Å². The minimum Gasteiger partial charge on any atom is -0.327 e. The van der Waals surface area contributed by atoms with Gasteiger partial charge in [-0.2, -0.15) is 0 Å². The van der Waals surface area contributed by atoms with Gasteiger partial charge < -0.3 is 5.73 Å². The zero-order valence-electron chi connectivity index (χ0n) is 11.7. The van der Waals surface area contributed by atoms with Crippen LogP contribution in [0.5, 0.6) is 0 Å². The molecule has 3 heteroatoms. The zero-order chi connectivity index (χ0) is 13.0. The van der Waals surface area contributed by atoms with E-state index in [1.165, 1.54) is 36.2 Å². The third-order valence-corrected chi connectivity index (χ3v) is 3.69. The first-order valence-corrected chi connectivity index (χ1v) is 7.24. The Balaban J connectivity index is 2.13. The molecule has 2 rings (SSSR count). The van der Waals surface area contributed by atoms with Crippen molar-refractivity contribution < 1.29 is 0 Å². The van der Waals surface area contributed by atoms with Crippen molar-refractivity contribution in [2.45, 2.75) is 64.8 Å². The molecular formula is C15H25N3. The lowest BCUT2D eigenvalue weighted by molar-refractivity contribution is 0.488. The van der Waals surface area contributed by atoms with Gasteiger partial charge in [-0.25, -0.2) is 9.97 Å². The fraction of sp³-hybridized carbons (Fsp3) is 0.733. The molecule has 0 spiro atoms. The molecule has 1 aliphatic carbocycles. The lowest BCUT2D eigenvalue weighted by atomic mass is 9.96. The van der Waals surface area contributed by atoms with E-state index >= 15 is 0 Å². The highest BCUT2D eigenvalue weighted by Crippen LogP contribution is 2.22. The van der Waals surface area contributed by atoms with E-state index in [1.54, 1.807) is 6.33 Å². The predicted octanol–water partition coefficient (Wildman–Crippen LogP) is 2.66. The van der Waals surface area contributed by atoms with E-state index in [0.717, 1.165) is 25.7 Å². The maximum absolute atomic E-state index is 6.22. The first-order chi connectivity index (χ1) is 8.66. The Bertz CT molecular complexity index is 387. The fourth-order valence-corrected chi connectivity index (χ4v) is 2.88. The maximum Gasteiger partial charge on any atom is 0.115 e. The summed E-state index contributed by atoms with van der Waals surface area (Å²) in [5.41, 5.74) is 10.1. The maximum atomic E-state index is 6.22. The average Bonchev–Trinajstić information content (AvgIpc) is 2.53. The van der Waals surface area contributed by atoms with Crippen LogP contribution in [0.25, 0.3) is 0 Å². The molecule has 1 aromatic rings. The molecular weight excluding hydrogens is 222 g/mol. The van der Waals surface area contributed by atoms with Crippen LogP contribution < -0.4 is 5.73 Å². The topological polar surface area (TPSA) is 51.8 Å². The Hall–Kier alpha value is -0.960. The number of aryl methyl sites for hydroxylation is 1. The van der Waals surface area contributed by atoms with Gasteiger partial charge in [0.2, 0.25) is 0 Å². The van der Waals surface area contributed by atoms with Gasteiger partial charge in [-0.15, -0.1) is 0 Å². The van der Waals surface area contributed by atoms with E-state index in [9.17, 15) is 0 Å². The summed E-state index contributed by atoms with van der Waals surface area (Å²) in [7, 11) is 0. The molecule has 1 aromatic heterocycles. The lowest BCUT2D eigenvalue weighted by Gasteiger charge is -2.16. The van der Waals surface area contributed by atoms with Crippen molar-refractivity contribution in [1.29, 1.82) is 0 Å². The zero-order valence-corrected chi connectivity index (χ0v) is 11.7. The van der Waals surface area contributed by atoms with Crippen LogP contribution in [-0.4, -0.2) is 16.0 Å². The predicted molar refractivity (Wildman–Crippen MR) is 74.4 cm³/mol. The number of nitrogens with zero attached hydrogens (tertiary/aromatic N) is 2. The van der Waals surface area contributed by atoms with Crippen LogP contribution in [0.15, 0.2) is 6.33 Å². The van der Waals surface area contributed by atoms with Gasteiger partial charge in [-0.1, -0.05) is 20.3 Å². The molecule has 100 valence electrons. The Morgan fingerprint density at radius 3 is 2.72 bits per heavy atom. The highest BCUT2D eigenvalue weighted by Gasteiger charge is 2.16. The molecule has 3 nitrogen and oxygen atoms in total. The second kappa shape index (κ2) is 6.28. The molecule has 0 saturated heterocycles. The number of fused-ring (bicyclic) bond motifs is 1.